The molecule has 0 aliphatic heterocycles. The van der Waals surface area contributed by atoms with Crippen LogP contribution in [0.25, 0.3) is 0 Å². The average molecular weight is 329 g/mol. The number of rotatable bonds is 4. The molecule has 2 rings (SSSR count). The number of nitrogens with one attached hydrogen (secondary N) is 1. The fraction of sp³-hybridized carbons (Fsp3) is 0.600. The Morgan fingerprint density at radius 1 is 1.37 bits per heavy atom. The van der Waals surface area contributed by atoms with Gasteiger partial charge in [-0.1, -0.05) is 31.9 Å². The van der Waals surface area contributed by atoms with Gasteiger partial charge in [-0.15, -0.1) is 0 Å². The summed E-state index contributed by atoms with van der Waals surface area (Å²) in [5.74, 6) is 6.94. The van der Waals surface area contributed by atoms with Crippen molar-refractivity contribution in [3.05, 3.63) is 34.1 Å². The fourth-order valence-electron chi connectivity index (χ4n) is 2.99. The Morgan fingerprint density at radius 3 is 2.68 bits per heavy atom. The first kappa shape index (κ1) is 14.9. The summed E-state index contributed by atoms with van der Waals surface area (Å²) in [5.41, 5.74) is 3.93. The Labute approximate surface area is 123 Å². The molecule has 1 fully saturated rings. The van der Waals surface area contributed by atoms with Gasteiger partial charge in [0.15, 0.2) is 0 Å². The SMILES string of the molecule is CC1CCC(C(Cc2cccc(F)c2Br)NN)CC1. The minimum absolute atomic E-state index is 0.203. The summed E-state index contributed by atoms with van der Waals surface area (Å²) in [6.07, 6.45) is 5.74. The molecule has 0 aromatic heterocycles. The van der Waals surface area contributed by atoms with Gasteiger partial charge in [-0.2, -0.15) is 0 Å². The van der Waals surface area contributed by atoms with E-state index in [9.17, 15) is 4.39 Å². The highest BCUT2D eigenvalue weighted by molar-refractivity contribution is 9.10. The molecule has 0 bridgehead atoms. The molecule has 1 aliphatic carbocycles. The van der Waals surface area contributed by atoms with Crippen LogP contribution in [0, 0.1) is 17.7 Å². The fourth-order valence-corrected chi connectivity index (χ4v) is 3.42. The Balaban J connectivity index is 2.04. The Morgan fingerprint density at radius 2 is 2.05 bits per heavy atom. The third-order valence-corrected chi connectivity index (χ3v) is 5.20. The van der Waals surface area contributed by atoms with Crippen LogP contribution in [-0.2, 0) is 6.42 Å². The lowest BCUT2D eigenvalue weighted by Crippen LogP contribution is -2.43. The number of hydrogen-bond donors (Lipinski definition) is 2. The molecular formula is C15H22BrFN2. The maximum atomic E-state index is 13.5. The molecule has 2 nitrogen and oxygen atoms in total. The first-order valence-corrected chi connectivity index (χ1v) is 7.80. The van der Waals surface area contributed by atoms with Crippen LogP contribution in [0.4, 0.5) is 4.39 Å². The summed E-state index contributed by atoms with van der Waals surface area (Å²) in [7, 11) is 0. The predicted molar refractivity (Wildman–Crippen MR) is 80.0 cm³/mol. The molecule has 0 radical (unpaired) electrons. The van der Waals surface area contributed by atoms with Crippen molar-refractivity contribution in [1.29, 1.82) is 0 Å². The van der Waals surface area contributed by atoms with Crippen LogP contribution in [-0.4, -0.2) is 6.04 Å². The topological polar surface area (TPSA) is 38.0 Å². The molecule has 19 heavy (non-hydrogen) atoms. The predicted octanol–water partition coefficient (Wildman–Crippen LogP) is 3.79. The molecule has 0 saturated heterocycles. The van der Waals surface area contributed by atoms with Gasteiger partial charge in [0, 0.05) is 6.04 Å². The first-order chi connectivity index (χ1) is 9.11. The van der Waals surface area contributed by atoms with Crippen LogP contribution in [0.2, 0.25) is 0 Å². The van der Waals surface area contributed by atoms with Gasteiger partial charge in [0.2, 0.25) is 0 Å². The molecule has 1 unspecified atom stereocenters. The van der Waals surface area contributed by atoms with E-state index in [1.54, 1.807) is 6.07 Å². The Bertz CT molecular complexity index is 417. The van der Waals surface area contributed by atoms with Crippen molar-refractivity contribution in [3.8, 4) is 0 Å². The maximum Gasteiger partial charge on any atom is 0.137 e. The minimum Gasteiger partial charge on any atom is -0.271 e. The lowest BCUT2D eigenvalue weighted by Gasteiger charge is -2.32. The summed E-state index contributed by atoms with van der Waals surface area (Å²) in [4.78, 5) is 0. The van der Waals surface area contributed by atoms with E-state index in [-0.39, 0.29) is 11.9 Å². The van der Waals surface area contributed by atoms with Crippen LogP contribution >= 0.6 is 15.9 Å². The molecular weight excluding hydrogens is 307 g/mol. The normalized spacial score (nSPS) is 25.3. The first-order valence-electron chi connectivity index (χ1n) is 7.00. The van der Waals surface area contributed by atoms with Crippen molar-refractivity contribution in [2.75, 3.05) is 0 Å². The molecule has 0 amide bonds. The third-order valence-electron chi connectivity index (χ3n) is 4.32. The lowest BCUT2D eigenvalue weighted by atomic mass is 9.78. The minimum atomic E-state index is -0.203. The zero-order valence-corrected chi connectivity index (χ0v) is 12.9. The second-order valence-corrected chi connectivity index (χ2v) is 6.50. The van der Waals surface area contributed by atoms with Gasteiger partial charge in [0.25, 0.3) is 0 Å². The molecule has 1 aliphatic rings. The molecule has 4 heteroatoms. The molecule has 0 heterocycles. The standard InChI is InChI=1S/C15H22BrFN2/c1-10-5-7-11(8-6-10)14(19-18)9-12-3-2-4-13(17)15(12)16/h2-4,10-11,14,19H,5-9,18H2,1H3. The maximum absolute atomic E-state index is 13.5. The van der Waals surface area contributed by atoms with E-state index in [1.165, 1.54) is 31.7 Å². The molecule has 1 aromatic carbocycles. The van der Waals surface area contributed by atoms with Crippen LogP contribution in [0.3, 0.4) is 0 Å². The molecule has 0 spiro atoms. The molecule has 1 atom stereocenters. The van der Waals surface area contributed by atoms with Gasteiger partial charge >= 0.3 is 0 Å². The van der Waals surface area contributed by atoms with Crippen molar-refractivity contribution < 1.29 is 4.39 Å². The van der Waals surface area contributed by atoms with Gasteiger partial charge in [-0.05, 0) is 58.7 Å². The van der Waals surface area contributed by atoms with Gasteiger partial charge in [0.05, 0.1) is 4.47 Å². The van der Waals surface area contributed by atoms with E-state index < -0.39 is 0 Å². The molecule has 3 N–H and O–H groups in total. The Hall–Kier alpha value is -0.450. The number of nitrogens with two attached hydrogens (primary N) is 1. The summed E-state index contributed by atoms with van der Waals surface area (Å²) < 4.78 is 14.1. The third kappa shape index (κ3) is 3.77. The zero-order valence-electron chi connectivity index (χ0n) is 11.3. The van der Waals surface area contributed by atoms with Crippen LogP contribution in [0.5, 0.6) is 0 Å². The lowest BCUT2D eigenvalue weighted by molar-refractivity contribution is 0.229. The molecule has 1 aromatic rings. The molecule has 1 saturated carbocycles. The summed E-state index contributed by atoms with van der Waals surface area (Å²) in [5, 5.41) is 0. The molecule has 106 valence electrons. The highest BCUT2D eigenvalue weighted by Gasteiger charge is 2.26. The summed E-state index contributed by atoms with van der Waals surface area (Å²) in [6, 6.07) is 5.42. The monoisotopic (exact) mass is 328 g/mol. The van der Waals surface area contributed by atoms with Crippen LogP contribution in [0.1, 0.15) is 38.2 Å². The smallest absolute Gasteiger partial charge is 0.137 e. The summed E-state index contributed by atoms with van der Waals surface area (Å²) in [6.45, 7) is 2.31. The van der Waals surface area contributed by atoms with Gasteiger partial charge in [0.1, 0.15) is 5.82 Å². The van der Waals surface area contributed by atoms with Gasteiger partial charge in [-0.25, -0.2) is 4.39 Å². The highest BCUT2D eigenvalue weighted by atomic mass is 79.9. The van der Waals surface area contributed by atoms with Crippen LogP contribution in [0.15, 0.2) is 22.7 Å². The Kier molecular flexibility index (Phi) is 5.37. The van der Waals surface area contributed by atoms with E-state index >= 15 is 0 Å². The number of halogens is 2. The largest absolute Gasteiger partial charge is 0.271 e. The number of hydrogen-bond acceptors (Lipinski definition) is 2. The van der Waals surface area contributed by atoms with Crippen LogP contribution < -0.4 is 11.3 Å². The van der Waals surface area contributed by atoms with Crippen molar-refractivity contribution in [3.63, 3.8) is 0 Å². The van der Waals surface area contributed by atoms with E-state index in [1.807, 2.05) is 6.07 Å². The number of hydrazine groups is 1. The van der Waals surface area contributed by atoms with Crippen molar-refractivity contribution in [2.24, 2.45) is 17.7 Å². The quantitative estimate of drug-likeness (QED) is 0.651. The zero-order chi connectivity index (χ0) is 13.8. The second-order valence-electron chi connectivity index (χ2n) is 5.71. The van der Waals surface area contributed by atoms with E-state index in [4.69, 9.17) is 5.84 Å². The van der Waals surface area contributed by atoms with E-state index in [0.29, 0.717) is 10.4 Å². The van der Waals surface area contributed by atoms with Crippen molar-refractivity contribution >= 4 is 15.9 Å². The second kappa shape index (κ2) is 6.82. The van der Waals surface area contributed by atoms with E-state index in [0.717, 1.165) is 17.9 Å². The number of benzene rings is 1. The average Bonchev–Trinajstić information content (AvgIpc) is 2.42. The van der Waals surface area contributed by atoms with Crippen molar-refractivity contribution in [1.82, 2.24) is 5.43 Å². The highest BCUT2D eigenvalue weighted by Crippen LogP contribution is 2.32. The van der Waals surface area contributed by atoms with Gasteiger partial charge < -0.3 is 0 Å². The van der Waals surface area contributed by atoms with Crippen molar-refractivity contribution in [2.45, 2.75) is 45.1 Å². The summed E-state index contributed by atoms with van der Waals surface area (Å²) >= 11 is 3.33. The van der Waals surface area contributed by atoms with E-state index in [2.05, 4.69) is 28.3 Å². The van der Waals surface area contributed by atoms with Gasteiger partial charge in [-0.3, -0.25) is 11.3 Å².